The maximum Gasteiger partial charge on any atom is 0.254 e. The molecule has 1 fully saturated rings. The summed E-state index contributed by atoms with van der Waals surface area (Å²) in [4.78, 5) is 26.1. The first-order chi connectivity index (χ1) is 12.7. The number of ether oxygens (including phenoxy) is 1. The molecule has 0 aromatic heterocycles. The van der Waals surface area contributed by atoms with Crippen LogP contribution in [0.1, 0.15) is 49.4 Å². The highest BCUT2D eigenvalue weighted by atomic mass is 16.5. The van der Waals surface area contributed by atoms with Gasteiger partial charge in [-0.1, -0.05) is 32.6 Å². The lowest BCUT2D eigenvalue weighted by molar-refractivity contribution is -0.115. The predicted octanol–water partition coefficient (Wildman–Crippen LogP) is 2.66. The number of morpholine rings is 1. The van der Waals surface area contributed by atoms with Crippen LogP contribution in [0.25, 0.3) is 0 Å². The van der Waals surface area contributed by atoms with Crippen LogP contribution in [0.4, 0.5) is 5.69 Å². The lowest BCUT2D eigenvalue weighted by Gasteiger charge is -2.26. The van der Waals surface area contributed by atoms with Crippen LogP contribution in [-0.4, -0.2) is 56.1 Å². The summed E-state index contributed by atoms with van der Waals surface area (Å²) in [6.07, 6.45) is 6.10. The van der Waals surface area contributed by atoms with Crippen LogP contribution in [-0.2, 0) is 9.53 Å². The van der Waals surface area contributed by atoms with E-state index < -0.39 is 0 Å². The predicted molar refractivity (Wildman–Crippen MR) is 103 cm³/mol. The summed E-state index contributed by atoms with van der Waals surface area (Å²) < 4.78 is 5.27. The Morgan fingerprint density at radius 2 is 1.73 bits per heavy atom. The van der Waals surface area contributed by atoms with Crippen LogP contribution in [0.2, 0.25) is 0 Å². The third-order valence-electron chi connectivity index (χ3n) is 4.46. The fraction of sp³-hybridized carbons (Fsp3) is 0.600. The molecule has 1 aromatic rings. The maximum absolute atomic E-state index is 12.4. The average molecular weight is 361 g/mol. The first-order valence-electron chi connectivity index (χ1n) is 9.68. The second-order valence-corrected chi connectivity index (χ2v) is 6.62. The zero-order chi connectivity index (χ0) is 18.6. The minimum atomic E-state index is -0.0641. The van der Waals surface area contributed by atoms with Crippen LogP contribution < -0.4 is 10.6 Å². The van der Waals surface area contributed by atoms with Crippen molar-refractivity contribution < 1.29 is 14.3 Å². The first-order valence-corrected chi connectivity index (χ1v) is 9.68. The Hall–Kier alpha value is -1.92. The van der Waals surface area contributed by atoms with Crippen molar-refractivity contribution >= 4 is 17.5 Å². The number of nitrogens with one attached hydrogen (secondary N) is 2. The minimum absolute atomic E-state index is 0.0101. The van der Waals surface area contributed by atoms with Crippen molar-refractivity contribution in [3.05, 3.63) is 29.8 Å². The largest absolute Gasteiger partial charge is 0.378 e. The van der Waals surface area contributed by atoms with Gasteiger partial charge in [-0.2, -0.15) is 0 Å². The summed E-state index contributed by atoms with van der Waals surface area (Å²) >= 11 is 0. The summed E-state index contributed by atoms with van der Waals surface area (Å²) in [6, 6.07) is 7.07. The van der Waals surface area contributed by atoms with E-state index in [1.807, 2.05) is 0 Å². The summed E-state index contributed by atoms with van der Waals surface area (Å²) in [5.41, 5.74) is 1.34. The number of hydrogen-bond acceptors (Lipinski definition) is 4. The number of nitrogens with zero attached hydrogens (tertiary/aromatic N) is 1. The number of anilines is 1. The topological polar surface area (TPSA) is 70.7 Å². The molecule has 0 saturated carbocycles. The molecule has 0 atom stereocenters. The number of hydrogen-bond donors (Lipinski definition) is 2. The summed E-state index contributed by atoms with van der Waals surface area (Å²) in [7, 11) is 0. The van der Waals surface area contributed by atoms with E-state index in [1.165, 1.54) is 25.7 Å². The Kier molecular flexibility index (Phi) is 9.14. The van der Waals surface area contributed by atoms with Gasteiger partial charge >= 0.3 is 0 Å². The normalized spacial score (nSPS) is 14.3. The summed E-state index contributed by atoms with van der Waals surface area (Å²) in [6.45, 7) is 5.81. The molecule has 0 aliphatic carbocycles. The molecule has 2 rings (SSSR count). The van der Waals surface area contributed by atoms with Gasteiger partial charge in [0.25, 0.3) is 5.91 Å². The second kappa shape index (κ2) is 11.6. The van der Waals surface area contributed by atoms with E-state index in [1.54, 1.807) is 29.2 Å². The number of carbonyl (C=O) groups is 2. The van der Waals surface area contributed by atoms with Gasteiger partial charge in [0.1, 0.15) is 0 Å². The lowest BCUT2D eigenvalue weighted by Crippen LogP contribution is -2.40. The minimum Gasteiger partial charge on any atom is -0.378 e. The van der Waals surface area contributed by atoms with E-state index in [9.17, 15) is 9.59 Å². The van der Waals surface area contributed by atoms with Gasteiger partial charge in [-0.3, -0.25) is 9.59 Å². The monoisotopic (exact) mass is 361 g/mol. The average Bonchev–Trinajstić information content (AvgIpc) is 2.68. The fourth-order valence-electron chi connectivity index (χ4n) is 2.91. The van der Waals surface area contributed by atoms with Crippen LogP contribution in [0.15, 0.2) is 24.3 Å². The highest BCUT2D eigenvalue weighted by molar-refractivity contribution is 5.96. The third kappa shape index (κ3) is 7.14. The molecule has 0 unspecified atom stereocenters. The number of rotatable bonds is 10. The molecule has 26 heavy (non-hydrogen) atoms. The number of amides is 2. The van der Waals surface area contributed by atoms with Crippen molar-refractivity contribution in [3.8, 4) is 0 Å². The lowest BCUT2D eigenvalue weighted by atomic mass is 10.1. The first kappa shape index (κ1) is 20.4. The third-order valence-corrected chi connectivity index (χ3v) is 4.46. The van der Waals surface area contributed by atoms with Gasteiger partial charge in [0, 0.05) is 24.3 Å². The molecule has 1 heterocycles. The van der Waals surface area contributed by atoms with Gasteiger partial charge in [0.15, 0.2) is 0 Å². The molecule has 0 bridgehead atoms. The Morgan fingerprint density at radius 1 is 1.04 bits per heavy atom. The molecule has 2 N–H and O–H groups in total. The fourth-order valence-corrected chi connectivity index (χ4v) is 2.91. The van der Waals surface area contributed by atoms with E-state index in [-0.39, 0.29) is 11.8 Å². The van der Waals surface area contributed by atoms with Crippen molar-refractivity contribution in [2.75, 3.05) is 44.7 Å². The standard InChI is InChI=1S/C20H31N3O3/c1-2-3-4-5-6-11-21-16-19(24)22-18-9-7-17(8-10-18)20(25)23-12-14-26-15-13-23/h7-10,21H,2-6,11-16H2,1H3,(H,22,24). The molecular formula is C20H31N3O3. The van der Waals surface area contributed by atoms with E-state index in [4.69, 9.17) is 4.74 Å². The maximum atomic E-state index is 12.4. The Morgan fingerprint density at radius 3 is 2.42 bits per heavy atom. The Labute approximate surface area is 156 Å². The SMILES string of the molecule is CCCCCCCNCC(=O)Nc1ccc(C(=O)N2CCOCC2)cc1. The zero-order valence-electron chi connectivity index (χ0n) is 15.8. The van der Waals surface area contributed by atoms with Crippen LogP contribution in [0.3, 0.4) is 0 Å². The number of carbonyl (C=O) groups excluding carboxylic acids is 2. The van der Waals surface area contributed by atoms with Crippen molar-refractivity contribution in [3.63, 3.8) is 0 Å². The molecule has 1 aliphatic rings. The van der Waals surface area contributed by atoms with Crippen molar-refractivity contribution in [1.82, 2.24) is 10.2 Å². The molecule has 1 aromatic carbocycles. The van der Waals surface area contributed by atoms with Crippen LogP contribution >= 0.6 is 0 Å². The van der Waals surface area contributed by atoms with Crippen molar-refractivity contribution in [2.24, 2.45) is 0 Å². The molecule has 0 radical (unpaired) electrons. The molecule has 6 nitrogen and oxygen atoms in total. The molecule has 0 spiro atoms. The number of benzene rings is 1. The van der Waals surface area contributed by atoms with Gasteiger partial charge < -0.3 is 20.3 Å². The van der Waals surface area contributed by atoms with Crippen molar-refractivity contribution in [1.29, 1.82) is 0 Å². The Bertz CT molecular complexity index is 554. The van der Waals surface area contributed by atoms with Gasteiger partial charge in [-0.25, -0.2) is 0 Å². The highest BCUT2D eigenvalue weighted by Crippen LogP contribution is 2.12. The van der Waals surface area contributed by atoms with Gasteiger partial charge in [0.2, 0.25) is 5.91 Å². The zero-order valence-corrected chi connectivity index (χ0v) is 15.8. The second-order valence-electron chi connectivity index (χ2n) is 6.62. The van der Waals surface area contributed by atoms with Crippen LogP contribution in [0, 0.1) is 0 Å². The molecule has 6 heteroatoms. The molecule has 2 amide bonds. The van der Waals surface area contributed by atoms with Gasteiger partial charge in [-0.15, -0.1) is 0 Å². The summed E-state index contributed by atoms with van der Waals surface area (Å²) in [5, 5.41) is 6.02. The van der Waals surface area contributed by atoms with E-state index >= 15 is 0 Å². The molecule has 1 saturated heterocycles. The smallest absolute Gasteiger partial charge is 0.254 e. The van der Waals surface area contributed by atoms with Crippen LogP contribution in [0.5, 0.6) is 0 Å². The Balaban J connectivity index is 1.67. The molecular weight excluding hydrogens is 330 g/mol. The van der Waals surface area contributed by atoms with E-state index in [0.717, 1.165) is 13.0 Å². The quantitative estimate of drug-likeness (QED) is 0.629. The highest BCUT2D eigenvalue weighted by Gasteiger charge is 2.18. The van der Waals surface area contributed by atoms with Gasteiger partial charge in [0.05, 0.1) is 19.8 Å². The van der Waals surface area contributed by atoms with E-state index in [0.29, 0.717) is 44.1 Å². The van der Waals surface area contributed by atoms with E-state index in [2.05, 4.69) is 17.6 Å². The number of unbranched alkanes of at least 4 members (excludes halogenated alkanes) is 4. The molecule has 144 valence electrons. The van der Waals surface area contributed by atoms with Crippen molar-refractivity contribution in [2.45, 2.75) is 39.0 Å². The van der Waals surface area contributed by atoms with Gasteiger partial charge in [-0.05, 0) is 37.2 Å². The molecule has 1 aliphatic heterocycles. The summed E-state index contributed by atoms with van der Waals surface area (Å²) in [5.74, 6) is -0.0540.